The van der Waals surface area contributed by atoms with Crippen molar-refractivity contribution >= 4 is 17.9 Å². The zero-order chi connectivity index (χ0) is 12.3. The summed E-state index contributed by atoms with van der Waals surface area (Å²) in [5, 5.41) is 0.00649. The normalized spacial score (nSPS) is 10.0. The number of carbonyl (C=O) groups is 1. The minimum Gasteiger partial charge on any atom is -0.457 e. The van der Waals surface area contributed by atoms with E-state index in [0.29, 0.717) is 17.1 Å². The molecule has 0 saturated carbocycles. The molecule has 0 aromatic heterocycles. The molecule has 17 heavy (non-hydrogen) atoms. The molecular weight excluding hydrogens is 243 g/mol. The number of carbonyl (C=O) groups excluding carboxylic acids is 1. The van der Waals surface area contributed by atoms with Crippen molar-refractivity contribution in [3.05, 3.63) is 58.9 Å². The Morgan fingerprint density at radius 3 is 2.29 bits per heavy atom. The topological polar surface area (TPSA) is 26.3 Å². The van der Waals surface area contributed by atoms with E-state index < -0.39 is 5.82 Å². The number of hydrogen-bond donors (Lipinski definition) is 0. The number of ether oxygens (including phenoxy) is 1. The molecule has 0 aliphatic heterocycles. The number of halogens is 2. The summed E-state index contributed by atoms with van der Waals surface area (Å²) < 4.78 is 18.4. The van der Waals surface area contributed by atoms with Gasteiger partial charge in [-0.15, -0.1) is 0 Å². The molecule has 2 nitrogen and oxygen atoms in total. The van der Waals surface area contributed by atoms with E-state index in [1.54, 1.807) is 24.3 Å². The number of aldehydes is 1. The van der Waals surface area contributed by atoms with E-state index in [1.165, 1.54) is 18.2 Å². The van der Waals surface area contributed by atoms with Crippen LogP contribution in [-0.2, 0) is 0 Å². The lowest BCUT2D eigenvalue weighted by atomic mass is 10.2. The van der Waals surface area contributed by atoms with Crippen LogP contribution in [0.2, 0.25) is 5.02 Å². The van der Waals surface area contributed by atoms with Crippen LogP contribution in [0.15, 0.2) is 42.5 Å². The second-order valence-corrected chi connectivity index (χ2v) is 3.77. The number of benzene rings is 2. The molecule has 0 radical (unpaired) electrons. The Morgan fingerprint density at radius 1 is 1.06 bits per heavy atom. The van der Waals surface area contributed by atoms with Gasteiger partial charge in [0, 0.05) is 11.6 Å². The highest BCUT2D eigenvalue weighted by Crippen LogP contribution is 2.26. The number of hydrogen-bond acceptors (Lipinski definition) is 2. The molecule has 0 unspecified atom stereocenters. The Balaban J connectivity index is 2.19. The van der Waals surface area contributed by atoms with E-state index in [2.05, 4.69) is 0 Å². The van der Waals surface area contributed by atoms with Crippen molar-refractivity contribution in [1.29, 1.82) is 0 Å². The summed E-state index contributed by atoms with van der Waals surface area (Å²) in [6, 6.07) is 10.7. The summed E-state index contributed by atoms with van der Waals surface area (Å²) >= 11 is 5.63. The van der Waals surface area contributed by atoms with Crippen LogP contribution in [0, 0.1) is 5.82 Å². The van der Waals surface area contributed by atoms with Gasteiger partial charge in [-0.3, -0.25) is 4.79 Å². The van der Waals surface area contributed by atoms with Gasteiger partial charge in [-0.2, -0.15) is 0 Å². The van der Waals surface area contributed by atoms with Crippen molar-refractivity contribution in [3.8, 4) is 11.5 Å². The van der Waals surface area contributed by atoms with Crippen molar-refractivity contribution < 1.29 is 13.9 Å². The second kappa shape index (κ2) is 4.97. The van der Waals surface area contributed by atoms with E-state index in [-0.39, 0.29) is 5.02 Å². The first kappa shape index (κ1) is 11.6. The van der Waals surface area contributed by atoms with Crippen LogP contribution < -0.4 is 4.74 Å². The molecule has 2 aromatic rings. The van der Waals surface area contributed by atoms with Crippen molar-refractivity contribution in [2.75, 3.05) is 0 Å². The van der Waals surface area contributed by atoms with Crippen LogP contribution in [0.1, 0.15) is 10.4 Å². The van der Waals surface area contributed by atoms with Gasteiger partial charge in [0.25, 0.3) is 0 Å². The Bertz CT molecular complexity index is 538. The maximum Gasteiger partial charge on any atom is 0.150 e. The lowest BCUT2D eigenvalue weighted by Crippen LogP contribution is -1.86. The molecule has 2 rings (SSSR count). The van der Waals surface area contributed by atoms with Gasteiger partial charge in [0.15, 0.2) is 0 Å². The first-order valence-electron chi connectivity index (χ1n) is 4.87. The van der Waals surface area contributed by atoms with Crippen molar-refractivity contribution in [2.24, 2.45) is 0 Å². The maximum absolute atomic E-state index is 12.9. The molecule has 0 bridgehead atoms. The van der Waals surface area contributed by atoms with Gasteiger partial charge in [0.1, 0.15) is 23.6 Å². The van der Waals surface area contributed by atoms with Crippen molar-refractivity contribution in [2.45, 2.75) is 0 Å². The summed E-state index contributed by atoms with van der Waals surface area (Å²) in [6.45, 7) is 0. The lowest BCUT2D eigenvalue weighted by Gasteiger charge is -2.06. The molecule has 0 aliphatic carbocycles. The molecule has 86 valence electrons. The second-order valence-electron chi connectivity index (χ2n) is 3.36. The lowest BCUT2D eigenvalue weighted by molar-refractivity contribution is 0.112. The monoisotopic (exact) mass is 250 g/mol. The van der Waals surface area contributed by atoms with Gasteiger partial charge in [0.2, 0.25) is 0 Å². The van der Waals surface area contributed by atoms with Crippen LogP contribution in [0.5, 0.6) is 11.5 Å². The van der Waals surface area contributed by atoms with Gasteiger partial charge in [-0.25, -0.2) is 4.39 Å². The predicted octanol–water partition coefficient (Wildman–Crippen LogP) is 4.08. The van der Waals surface area contributed by atoms with E-state index >= 15 is 0 Å². The zero-order valence-electron chi connectivity index (χ0n) is 8.69. The molecule has 0 saturated heterocycles. The number of rotatable bonds is 3. The summed E-state index contributed by atoms with van der Waals surface area (Å²) in [5.41, 5.74) is 0.564. The van der Waals surface area contributed by atoms with E-state index in [0.717, 1.165) is 6.29 Å². The average molecular weight is 251 g/mol. The largest absolute Gasteiger partial charge is 0.457 e. The summed E-state index contributed by atoms with van der Waals surface area (Å²) in [4.78, 5) is 10.5. The van der Waals surface area contributed by atoms with Gasteiger partial charge in [-0.1, -0.05) is 11.6 Å². The third-order valence-corrected chi connectivity index (χ3v) is 2.43. The molecule has 0 heterocycles. The fraction of sp³-hybridized carbons (Fsp3) is 0. The smallest absolute Gasteiger partial charge is 0.150 e. The molecule has 0 aliphatic rings. The van der Waals surface area contributed by atoms with Crippen LogP contribution in [0.25, 0.3) is 0 Å². The summed E-state index contributed by atoms with van der Waals surface area (Å²) in [5.74, 6) is 0.504. The molecule has 2 aromatic carbocycles. The van der Waals surface area contributed by atoms with Crippen LogP contribution in [0.4, 0.5) is 4.39 Å². The quantitative estimate of drug-likeness (QED) is 0.767. The van der Waals surface area contributed by atoms with Gasteiger partial charge in [0.05, 0.1) is 5.02 Å². The predicted molar refractivity (Wildman–Crippen MR) is 63.3 cm³/mol. The fourth-order valence-electron chi connectivity index (χ4n) is 1.29. The molecule has 4 heteroatoms. The highest BCUT2D eigenvalue weighted by atomic mass is 35.5. The third kappa shape index (κ3) is 2.82. The van der Waals surface area contributed by atoms with Gasteiger partial charge >= 0.3 is 0 Å². The third-order valence-electron chi connectivity index (χ3n) is 2.14. The van der Waals surface area contributed by atoms with Crippen LogP contribution in [0.3, 0.4) is 0 Å². The highest BCUT2D eigenvalue weighted by molar-refractivity contribution is 6.30. The van der Waals surface area contributed by atoms with Gasteiger partial charge in [-0.05, 0) is 36.4 Å². The summed E-state index contributed by atoms with van der Waals surface area (Å²) in [7, 11) is 0. The molecular formula is C13H8ClFO2. The van der Waals surface area contributed by atoms with Crippen molar-refractivity contribution in [3.63, 3.8) is 0 Å². The fourth-order valence-corrected chi connectivity index (χ4v) is 1.46. The minimum atomic E-state index is -0.490. The van der Waals surface area contributed by atoms with Gasteiger partial charge < -0.3 is 4.74 Å². The van der Waals surface area contributed by atoms with E-state index in [1.807, 2.05) is 0 Å². The average Bonchev–Trinajstić information content (AvgIpc) is 2.35. The Morgan fingerprint density at radius 2 is 1.71 bits per heavy atom. The molecule has 0 fully saturated rings. The summed E-state index contributed by atoms with van der Waals surface area (Å²) in [6.07, 6.45) is 0.749. The van der Waals surface area contributed by atoms with E-state index in [9.17, 15) is 9.18 Å². The Kier molecular flexibility index (Phi) is 3.40. The van der Waals surface area contributed by atoms with Crippen molar-refractivity contribution in [1.82, 2.24) is 0 Å². The first-order chi connectivity index (χ1) is 8.19. The van der Waals surface area contributed by atoms with Crippen LogP contribution >= 0.6 is 11.6 Å². The SMILES string of the molecule is O=Cc1ccc(Oc2ccc(F)c(Cl)c2)cc1. The van der Waals surface area contributed by atoms with Crippen LogP contribution in [-0.4, -0.2) is 6.29 Å². The maximum atomic E-state index is 12.9. The molecule has 0 N–H and O–H groups in total. The molecule has 0 spiro atoms. The molecule has 0 atom stereocenters. The Labute approximate surface area is 103 Å². The standard InChI is InChI=1S/C13H8ClFO2/c14-12-7-11(5-6-13(12)15)17-10-3-1-9(8-16)2-4-10/h1-8H. The van der Waals surface area contributed by atoms with E-state index in [4.69, 9.17) is 16.3 Å². The first-order valence-corrected chi connectivity index (χ1v) is 5.25. The Hall–Kier alpha value is -1.87. The molecule has 0 amide bonds. The zero-order valence-corrected chi connectivity index (χ0v) is 9.45. The minimum absolute atomic E-state index is 0.00649. The highest BCUT2D eigenvalue weighted by Gasteiger charge is 2.02.